The Hall–Kier alpha value is -1.47. The summed E-state index contributed by atoms with van der Waals surface area (Å²) in [6.07, 6.45) is 0. The molecular weight excluding hydrogens is 330 g/mol. The van der Waals surface area contributed by atoms with E-state index in [1.54, 1.807) is 30.4 Å². The predicted octanol–water partition coefficient (Wildman–Crippen LogP) is 4.04. The van der Waals surface area contributed by atoms with E-state index in [2.05, 4.69) is 26.2 Å². The van der Waals surface area contributed by atoms with Gasteiger partial charge in [-0.15, -0.1) is 11.3 Å². The lowest BCUT2D eigenvalue weighted by Gasteiger charge is -2.08. The lowest BCUT2D eigenvalue weighted by atomic mass is 10.2. The molecule has 0 saturated carbocycles. The zero-order chi connectivity index (χ0) is 14.0. The highest BCUT2D eigenvalue weighted by atomic mass is 79.9. The fourth-order valence-electron chi connectivity index (χ4n) is 1.65. The number of hydrogen-bond acceptors (Lipinski definition) is 5. The van der Waals surface area contributed by atoms with Gasteiger partial charge in [0, 0.05) is 27.2 Å². The molecule has 0 saturated heterocycles. The highest BCUT2D eigenvalue weighted by Gasteiger charge is 2.14. The van der Waals surface area contributed by atoms with Crippen molar-refractivity contribution in [3.63, 3.8) is 0 Å². The van der Waals surface area contributed by atoms with Crippen molar-refractivity contribution < 1.29 is 4.92 Å². The van der Waals surface area contributed by atoms with Crippen LogP contribution in [-0.4, -0.2) is 9.91 Å². The third kappa shape index (κ3) is 3.30. The topological polar surface area (TPSA) is 68.1 Å². The zero-order valence-electron chi connectivity index (χ0n) is 10.4. The number of nitrogens with one attached hydrogen (secondary N) is 1. The maximum Gasteiger partial charge on any atom is 0.274 e. The van der Waals surface area contributed by atoms with Gasteiger partial charge in [-0.25, -0.2) is 4.98 Å². The number of aryl methyl sites for hydroxylation is 2. The van der Waals surface area contributed by atoms with Crippen LogP contribution in [0.3, 0.4) is 0 Å². The third-order valence-electron chi connectivity index (χ3n) is 2.58. The van der Waals surface area contributed by atoms with E-state index in [4.69, 9.17) is 0 Å². The molecule has 100 valence electrons. The van der Waals surface area contributed by atoms with Crippen LogP contribution in [0.5, 0.6) is 0 Å². The minimum Gasteiger partial charge on any atom is -0.377 e. The monoisotopic (exact) mass is 341 g/mol. The Labute approximate surface area is 123 Å². The van der Waals surface area contributed by atoms with Gasteiger partial charge in [0.05, 0.1) is 17.2 Å². The SMILES string of the molecule is Cc1csc(CNc2cc([N+](=O)[O-])c(C)cc2Br)n1. The van der Waals surface area contributed by atoms with Crippen molar-refractivity contribution in [3.8, 4) is 0 Å². The van der Waals surface area contributed by atoms with E-state index in [0.29, 0.717) is 17.8 Å². The van der Waals surface area contributed by atoms with Gasteiger partial charge in [-0.05, 0) is 35.8 Å². The minimum absolute atomic E-state index is 0.112. The molecule has 0 aliphatic heterocycles. The van der Waals surface area contributed by atoms with Crippen LogP contribution in [0, 0.1) is 24.0 Å². The van der Waals surface area contributed by atoms with Gasteiger partial charge in [0.15, 0.2) is 0 Å². The fourth-order valence-corrected chi connectivity index (χ4v) is 2.96. The van der Waals surface area contributed by atoms with E-state index in [1.165, 1.54) is 0 Å². The van der Waals surface area contributed by atoms with Crippen LogP contribution in [0.15, 0.2) is 22.0 Å². The molecule has 7 heteroatoms. The molecular formula is C12H12BrN3O2S. The Morgan fingerprint density at radius 1 is 1.47 bits per heavy atom. The Balaban J connectivity index is 2.20. The van der Waals surface area contributed by atoms with E-state index in [-0.39, 0.29) is 10.6 Å². The molecule has 0 bridgehead atoms. The van der Waals surface area contributed by atoms with Crippen LogP contribution < -0.4 is 5.32 Å². The van der Waals surface area contributed by atoms with E-state index >= 15 is 0 Å². The van der Waals surface area contributed by atoms with Crippen molar-refractivity contribution in [1.82, 2.24) is 4.98 Å². The Bertz CT molecular complexity index is 627. The molecule has 0 radical (unpaired) electrons. The first-order valence-corrected chi connectivity index (χ1v) is 7.24. The predicted molar refractivity (Wildman–Crippen MR) is 79.7 cm³/mol. The second-order valence-corrected chi connectivity index (χ2v) is 5.91. The van der Waals surface area contributed by atoms with Gasteiger partial charge in [-0.3, -0.25) is 10.1 Å². The van der Waals surface area contributed by atoms with Crippen molar-refractivity contribution in [2.45, 2.75) is 20.4 Å². The molecule has 1 aromatic carbocycles. The van der Waals surface area contributed by atoms with Gasteiger partial charge in [0.25, 0.3) is 5.69 Å². The lowest BCUT2D eigenvalue weighted by molar-refractivity contribution is -0.385. The van der Waals surface area contributed by atoms with Gasteiger partial charge in [-0.1, -0.05) is 0 Å². The number of nitrogens with zero attached hydrogens (tertiary/aromatic N) is 2. The summed E-state index contributed by atoms with van der Waals surface area (Å²) in [6.45, 7) is 4.21. The Morgan fingerprint density at radius 2 is 2.21 bits per heavy atom. The molecule has 0 aliphatic rings. The molecule has 0 spiro atoms. The summed E-state index contributed by atoms with van der Waals surface area (Å²) in [4.78, 5) is 14.9. The molecule has 2 rings (SSSR count). The molecule has 0 unspecified atom stereocenters. The normalized spacial score (nSPS) is 10.5. The smallest absolute Gasteiger partial charge is 0.274 e. The first kappa shape index (κ1) is 14.0. The molecule has 0 aliphatic carbocycles. The molecule has 1 aromatic heterocycles. The number of aromatic nitrogens is 1. The second-order valence-electron chi connectivity index (χ2n) is 4.11. The summed E-state index contributed by atoms with van der Waals surface area (Å²) in [5, 5.41) is 17.0. The van der Waals surface area contributed by atoms with Gasteiger partial charge in [-0.2, -0.15) is 0 Å². The van der Waals surface area contributed by atoms with Crippen molar-refractivity contribution >= 4 is 38.6 Å². The van der Waals surface area contributed by atoms with Gasteiger partial charge in [0.1, 0.15) is 5.01 Å². The summed E-state index contributed by atoms with van der Waals surface area (Å²) in [6, 6.07) is 3.29. The summed E-state index contributed by atoms with van der Waals surface area (Å²) in [5.41, 5.74) is 2.43. The van der Waals surface area contributed by atoms with Gasteiger partial charge >= 0.3 is 0 Å². The van der Waals surface area contributed by atoms with Gasteiger partial charge in [0.2, 0.25) is 0 Å². The van der Waals surface area contributed by atoms with Crippen LogP contribution in [0.1, 0.15) is 16.3 Å². The largest absolute Gasteiger partial charge is 0.377 e. The number of rotatable bonds is 4. The molecule has 0 amide bonds. The third-order valence-corrected chi connectivity index (χ3v) is 4.20. The van der Waals surface area contributed by atoms with E-state index in [0.717, 1.165) is 15.2 Å². The Kier molecular flexibility index (Phi) is 4.16. The standard InChI is InChI=1S/C12H12BrN3O2S/c1-7-3-9(13)10(4-11(7)16(17)18)14-5-12-15-8(2)6-19-12/h3-4,6,14H,5H2,1-2H3. The summed E-state index contributed by atoms with van der Waals surface area (Å²) in [7, 11) is 0. The number of thiazole rings is 1. The number of nitro benzene ring substituents is 1. The lowest BCUT2D eigenvalue weighted by Crippen LogP contribution is -2.01. The average Bonchev–Trinajstić information content (AvgIpc) is 2.73. The number of halogens is 1. The summed E-state index contributed by atoms with van der Waals surface area (Å²) >= 11 is 4.97. The van der Waals surface area contributed by atoms with Gasteiger partial charge < -0.3 is 5.32 Å². The molecule has 0 fully saturated rings. The first-order valence-electron chi connectivity index (χ1n) is 5.57. The second kappa shape index (κ2) is 5.66. The highest BCUT2D eigenvalue weighted by molar-refractivity contribution is 9.10. The van der Waals surface area contributed by atoms with Crippen molar-refractivity contribution in [1.29, 1.82) is 0 Å². The van der Waals surface area contributed by atoms with Crippen molar-refractivity contribution in [2.75, 3.05) is 5.32 Å². The highest BCUT2D eigenvalue weighted by Crippen LogP contribution is 2.31. The fraction of sp³-hybridized carbons (Fsp3) is 0.250. The summed E-state index contributed by atoms with van der Waals surface area (Å²) < 4.78 is 0.809. The number of anilines is 1. The minimum atomic E-state index is -0.375. The van der Waals surface area contributed by atoms with Crippen LogP contribution in [0.4, 0.5) is 11.4 Å². The number of hydrogen-bond donors (Lipinski definition) is 1. The maximum atomic E-state index is 10.9. The zero-order valence-corrected chi connectivity index (χ0v) is 12.8. The van der Waals surface area contributed by atoms with Crippen LogP contribution >= 0.6 is 27.3 Å². The number of benzene rings is 1. The average molecular weight is 342 g/mol. The molecule has 0 atom stereocenters. The van der Waals surface area contributed by atoms with E-state index in [9.17, 15) is 10.1 Å². The number of nitro groups is 1. The molecule has 5 nitrogen and oxygen atoms in total. The maximum absolute atomic E-state index is 10.9. The van der Waals surface area contributed by atoms with E-state index in [1.807, 2.05) is 12.3 Å². The van der Waals surface area contributed by atoms with Crippen LogP contribution in [0.25, 0.3) is 0 Å². The molecule has 2 aromatic rings. The van der Waals surface area contributed by atoms with Crippen molar-refractivity contribution in [2.24, 2.45) is 0 Å². The Morgan fingerprint density at radius 3 is 2.79 bits per heavy atom. The van der Waals surface area contributed by atoms with Crippen molar-refractivity contribution in [3.05, 3.63) is 48.4 Å². The molecule has 1 heterocycles. The first-order chi connectivity index (χ1) is 8.97. The quantitative estimate of drug-likeness (QED) is 0.672. The van der Waals surface area contributed by atoms with Crippen LogP contribution in [-0.2, 0) is 6.54 Å². The van der Waals surface area contributed by atoms with Crippen LogP contribution in [0.2, 0.25) is 0 Å². The summed E-state index contributed by atoms with van der Waals surface area (Å²) in [5.74, 6) is 0. The van der Waals surface area contributed by atoms with E-state index < -0.39 is 0 Å². The molecule has 1 N–H and O–H groups in total. The molecule has 19 heavy (non-hydrogen) atoms.